The summed E-state index contributed by atoms with van der Waals surface area (Å²) in [5, 5.41) is 4.39. The van der Waals surface area contributed by atoms with Crippen molar-refractivity contribution in [3.63, 3.8) is 0 Å². The monoisotopic (exact) mass is 272 g/mol. The van der Waals surface area contributed by atoms with Crippen LogP contribution in [0.2, 0.25) is 0 Å². The standard InChI is InChI=1S/C16H20N2O2/c1-4-18-15(9-12(2)17-18)11-20-16-7-5-14(6-8-16)10-13(3)19/h5-9H,4,10-11H2,1-3H3. The van der Waals surface area contributed by atoms with Crippen LogP contribution in [0.4, 0.5) is 0 Å². The van der Waals surface area contributed by atoms with Gasteiger partial charge < -0.3 is 4.74 Å². The topological polar surface area (TPSA) is 44.1 Å². The molecule has 0 spiro atoms. The highest BCUT2D eigenvalue weighted by atomic mass is 16.5. The van der Waals surface area contributed by atoms with E-state index in [4.69, 9.17) is 4.74 Å². The first-order chi connectivity index (χ1) is 9.58. The van der Waals surface area contributed by atoms with Gasteiger partial charge in [0.15, 0.2) is 0 Å². The third-order valence-electron chi connectivity index (χ3n) is 3.05. The lowest BCUT2D eigenvalue weighted by Gasteiger charge is -2.08. The van der Waals surface area contributed by atoms with Gasteiger partial charge in [-0.3, -0.25) is 9.48 Å². The summed E-state index contributed by atoms with van der Waals surface area (Å²) in [6.07, 6.45) is 0.474. The Balaban J connectivity index is 1.98. The molecule has 0 aliphatic carbocycles. The van der Waals surface area contributed by atoms with Crippen molar-refractivity contribution in [1.29, 1.82) is 0 Å². The predicted octanol–water partition coefficient (Wildman–Crippen LogP) is 2.92. The molecule has 106 valence electrons. The summed E-state index contributed by atoms with van der Waals surface area (Å²) < 4.78 is 7.71. The van der Waals surface area contributed by atoms with Crippen LogP contribution >= 0.6 is 0 Å². The van der Waals surface area contributed by atoms with Gasteiger partial charge in [0.25, 0.3) is 0 Å². The number of nitrogens with zero attached hydrogens (tertiary/aromatic N) is 2. The lowest BCUT2D eigenvalue weighted by molar-refractivity contribution is -0.116. The van der Waals surface area contributed by atoms with E-state index >= 15 is 0 Å². The Hall–Kier alpha value is -2.10. The molecule has 1 heterocycles. The molecule has 0 fully saturated rings. The van der Waals surface area contributed by atoms with E-state index in [1.54, 1.807) is 6.92 Å². The second kappa shape index (κ2) is 6.37. The second-order valence-electron chi connectivity index (χ2n) is 4.90. The van der Waals surface area contributed by atoms with Gasteiger partial charge in [-0.25, -0.2) is 0 Å². The molecule has 0 saturated carbocycles. The molecule has 0 N–H and O–H groups in total. The van der Waals surface area contributed by atoms with Crippen LogP contribution in [-0.4, -0.2) is 15.6 Å². The number of benzene rings is 1. The minimum absolute atomic E-state index is 0.168. The zero-order valence-electron chi connectivity index (χ0n) is 12.2. The summed E-state index contributed by atoms with van der Waals surface area (Å²) >= 11 is 0. The number of carbonyl (C=O) groups excluding carboxylic acids is 1. The summed E-state index contributed by atoms with van der Waals surface area (Å²) in [5.74, 6) is 0.972. The number of rotatable bonds is 6. The number of ether oxygens (including phenoxy) is 1. The largest absolute Gasteiger partial charge is 0.487 e. The fraction of sp³-hybridized carbons (Fsp3) is 0.375. The number of carbonyl (C=O) groups is 1. The average Bonchev–Trinajstić information content (AvgIpc) is 2.78. The molecule has 0 radical (unpaired) electrons. The van der Waals surface area contributed by atoms with Gasteiger partial charge in [-0.05, 0) is 44.5 Å². The Morgan fingerprint density at radius 1 is 1.30 bits per heavy atom. The van der Waals surface area contributed by atoms with E-state index in [1.807, 2.05) is 41.9 Å². The average molecular weight is 272 g/mol. The number of ketones is 1. The molecule has 0 aliphatic heterocycles. The van der Waals surface area contributed by atoms with Crippen molar-refractivity contribution in [2.24, 2.45) is 0 Å². The lowest BCUT2D eigenvalue weighted by Crippen LogP contribution is -2.06. The van der Waals surface area contributed by atoms with Crippen molar-refractivity contribution >= 4 is 5.78 Å². The van der Waals surface area contributed by atoms with Crippen molar-refractivity contribution < 1.29 is 9.53 Å². The molecule has 1 aromatic heterocycles. The van der Waals surface area contributed by atoms with Crippen LogP contribution in [0.1, 0.15) is 30.8 Å². The smallest absolute Gasteiger partial charge is 0.134 e. The lowest BCUT2D eigenvalue weighted by atomic mass is 10.1. The van der Waals surface area contributed by atoms with Crippen molar-refractivity contribution in [2.45, 2.75) is 40.3 Å². The summed E-state index contributed by atoms with van der Waals surface area (Å²) in [5.41, 5.74) is 3.08. The maximum absolute atomic E-state index is 11.0. The van der Waals surface area contributed by atoms with Crippen molar-refractivity contribution in [3.05, 3.63) is 47.3 Å². The molecule has 0 bridgehead atoms. The SMILES string of the molecule is CCn1nc(C)cc1COc1ccc(CC(C)=O)cc1. The first kappa shape index (κ1) is 14.3. The molecule has 4 heteroatoms. The molecule has 20 heavy (non-hydrogen) atoms. The number of hydrogen-bond acceptors (Lipinski definition) is 3. The molecule has 4 nitrogen and oxygen atoms in total. The summed E-state index contributed by atoms with van der Waals surface area (Å²) in [6.45, 7) is 6.97. The van der Waals surface area contributed by atoms with Crippen molar-refractivity contribution in [1.82, 2.24) is 9.78 Å². The molecule has 0 saturated heterocycles. The van der Waals surface area contributed by atoms with E-state index in [0.717, 1.165) is 29.2 Å². The Bertz CT molecular complexity index is 585. The van der Waals surface area contributed by atoms with E-state index in [9.17, 15) is 4.79 Å². The molecule has 2 rings (SSSR count). The van der Waals surface area contributed by atoms with Crippen molar-refractivity contribution in [2.75, 3.05) is 0 Å². The highest BCUT2D eigenvalue weighted by molar-refractivity contribution is 5.78. The van der Waals surface area contributed by atoms with Gasteiger partial charge in [-0.15, -0.1) is 0 Å². The van der Waals surface area contributed by atoms with Gasteiger partial charge in [0.05, 0.1) is 11.4 Å². The van der Waals surface area contributed by atoms with E-state index in [-0.39, 0.29) is 5.78 Å². The van der Waals surface area contributed by atoms with E-state index in [2.05, 4.69) is 12.0 Å². The maximum Gasteiger partial charge on any atom is 0.134 e. The molecular formula is C16H20N2O2. The molecule has 0 amide bonds. The number of aryl methyl sites for hydroxylation is 2. The fourth-order valence-electron chi connectivity index (χ4n) is 2.14. The van der Waals surface area contributed by atoms with Gasteiger partial charge >= 0.3 is 0 Å². The predicted molar refractivity (Wildman–Crippen MR) is 77.8 cm³/mol. The second-order valence-corrected chi connectivity index (χ2v) is 4.90. The van der Waals surface area contributed by atoms with Crippen LogP contribution in [-0.2, 0) is 24.4 Å². The van der Waals surface area contributed by atoms with Crippen molar-refractivity contribution in [3.8, 4) is 5.75 Å². The Kier molecular flexibility index (Phi) is 4.56. The number of hydrogen-bond donors (Lipinski definition) is 0. The van der Waals surface area contributed by atoms with E-state index in [1.165, 1.54) is 0 Å². The molecular weight excluding hydrogens is 252 g/mol. The highest BCUT2D eigenvalue weighted by Crippen LogP contribution is 2.15. The normalized spacial score (nSPS) is 10.6. The van der Waals surface area contributed by atoms with Crippen LogP contribution in [0.15, 0.2) is 30.3 Å². The quantitative estimate of drug-likeness (QED) is 0.812. The minimum atomic E-state index is 0.168. The van der Waals surface area contributed by atoms with Gasteiger partial charge in [0.2, 0.25) is 0 Å². The molecule has 0 unspecified atom stereocenters. The summed E-state index contributed by atoms with van der Waals surface area (Å²) in [6, 6.07) is 9.70. The van der Waals surface area contributed by atoms with Gasteiger partial charge in [-0.2, -0.15) is 5.10 Å². The highest BCUT2D eigenvalue weighted by Gasteiger charge is 2.05. The summed E-state index contributed by atoms with van der Waals surface area (Å²) in [4.78, 5) is 11.0. The summed E-state index contributed by atoms with van der Waals surface area (Å²) in [7, 11) is 0. The Morgan fingerprint density at radius 3 is 2.60 bits per heavy atom. The molecule has 2 aromatic rings. The van der Waals surface area contributed by atoms with Crippen LogP contribution < -0.4 is 4.74 Å². The Morgan fingerprint density at radius 2 is 2.00 bits per heavy atom. The zero-order chi connectivity index (χ0) is 14.5. The van der Waals surface area contributed by atoms with E-state index < -0.39 is 0 Å². The van der Waals surface area contributed by atoms with Gasteiger partial charge in [0, 0.05) is 13.0 Å². The first-order valence-corrected chi connectivity index (χ1v) is 6.83. The fourth-order valence-corrected chi connectivity index (χ4v) is 2.14. The van der Waals surface area contributed by atoms with Gasteiger partial charge in [-0.1, -0.05) is 12.1 Å². The van der Waals surface area contributed by atoms with Crippen LogP contribution in [0.25, 0.3) is 0 Å². The Labute approximate surface area is 119 Å². The molecule has 0 atom stereocenters. The van der Waals surface area contributed by atoms with Crippen LogP contribution in [0.5, 0.6) is 5.75 Å². The third kappa shape index (κ3) is 3.70. The minimum Gasteiger partial charge on any atom is -0.487 e. The van der Waals surface area contributed by atoms with Crippen LogP contribution in [0.3, 0.4) is 0 Å². The number of aromatic nitrogens is 2. The van der Waals surface area contributed by atoms with E-state index in [0.29, 0.717) is 13.0 Å². The first-order valence-electron chi connectivity index (χ1n) is 6.83. The molecule has 0 aliphatic rings. The third-order valence-corrected chi connectivity index (χ3v) is 3.05. The molecule has 1 aromatic carbocycles. The zero-order valence-corrected chi connectivity index (χ0v) is 12.2. The van der Waals surface area contributed by atoms with Gasteiger partial charge in [0.1, 0.15) is 18.1 Å². The van der Waals surface area contributed by atoms with Crippen LogP contribution in [0, 0.1) is 6.92 Å². The number of Topliss-reactive ketones (excluding diaryl/α,β-unsaturated/α-hetero) is 1. The maximum atomic E-state index is 11.0.